The highest BCUT2D eigenvalue weighted by atomic mass is 35.5. The molecule has 1 aromatic carbocycles. The maximum Gasteiger partial charge on any atom is 0.223 e. The fourth-order valence-electron chi connectivity index (χ4n) is 2.50. The molecule has 0 saturated heterocycles. The van der Waals surface area contributed by atoms with Crippen molar-refractivity contribution in [1.82, 2.24) is 5.32 Å². The van der Waals surface area contributed by atoms with Crippen LogP contribution >= 0.6 is 11.6 Å². The number of para-hydroxylation sites is 1. The minimum Gasteiger partial charge on any atom is -0.493 e. The van der Waals surface area contributed by atoms with E-state index in [1.165, 1.54) is 12.8 Å². The van der Waals surface area contributed by atoms with Crippen LogP contribution in [0.3, 0.4) is 0 Å². The number of alkyl halides is 1. The average Bonchev–Trinajstić information content (AvgIpc) is 2.47. The molecule has 1 fully saturated rings. The molecule has 0 heterocycles. The first-order valence-corrected chi connectivity index (χ1v) is 7.78. The lowest BCUT2D eigenvalue weighted by Gasteiger charge is -2.27. The van der Waals surface area contributed by atoms with Crippen molar-refractivity contribution in [2.45, 2.75) is 37.5 Å². The topological polar surface area (TPSA) is 38.3 Å². The summed E-state index contributed by atoms with van der Waals surface area (Å²) >= 11 is 6.27. The smallest absolute Gasteiger partial charge is 0.223 e. The molecule has 20 heavy (non-hydrogen) atoms. The molecule has 0 aromatic heterocycles. The third-order valence-corrected chi connectivity index (χ3v) is 4.29. The van der Waals surface area contributed by atoms with Gasteiger partial charge in [0, 0.05) is 11.9 Å². The highest BCUT2D eigenvalue weighted by molar-refractivity contribution is 6.20. The third-order valence-electron chi connectivity index (χ3n) is 3.72. The first kappa shape index (κ1) is 15.2. The lowest BCUT2D eigenvalue weighted by atomic mass is 9.89. The fraction of sp³-hybridized carbons (Fsp3) is 0.562. The summed E-state index contributed by atoms with van der Waals surface area (Å²) in [4.78, 5) is 11.7. The molecule has 1 aromatic rings. The fourth-order valence-corrected chi connectivity index (χ4v) is 2.87. The largest absolute Gasteiger partial charge is 0.493 e. The Bertz CT molecular complexity index is 410. The average molecular weight is 296 g/mol. The monoisotopic (exact) mass is 295 g/mol. The van der Waals surface area contributed by atoms with Gasteiger partial charge in [0.1, 0.15) is 5.75 Å². The zero-order chi connectivity index (χ0) is 14.2. The Morgan fingerprint density at radius 3 is 2.75 bits per heavy atom. The Morgan fingerprint density at radius 2 is 2.00 bits per heavy atom. The lowest BCUT2D eigenvalue weighted by Crippen LogP contribution is -2.35. The summed E-state index contributed by atoms with van der Waals surface area (Å²) < 4.78 is 5.50. The van der Waals surface area contributed by atoms with Crippen LogP contribution in [0.25, 0.3) is 0 Å². The van der Waals surface area contributed by atoms with Crippen molar-refractivity contribution in [1.29, 1.82) is 0 Å². The molecule has 1 N–H and O–H groups in total. The molecule has 0 spiro atoms. The predicted molar refractivity (Wildman–Crippen MR) is 81.2 cm³/mol. The molecule has 2 rings (SSSR count). The van der Waals surface area contributed by atoms with E-state index in [1.807, 2.05) is 30.3 Å². The SMILES string of the molecule is O=C(CCOc1ccccc1)NCC1CCCCC1Cl. The Kier molecular flexibility index (Phi) is 6.19. The van der Waals surface area contributed by atoms with Gasteiger partial charge in [0.2, 0.25) is 5.91 Å². The molecule has 1 saturated carbocycles. The van der Waals surface area contributed by atoms with Gasteiger partial charge >= 0.3 is 0 Å². The molecule has 0 aliphatic heterocycles. The van der Waals surface area contributed by atoms with E-state index in [9.17, 15) is 4.79 Å². The van der Waals surface area contributed by atoms with Gasteiger partial charge in [-0.1, -0.05) is 31.0 Å². The Morgan fingerprint density at radius 1 is 1.25 bits per heavy atom. The van der Waals surface area contributed by atoms with E-state index in [0.717, 1.165) is 18.6 Å². The molecule has 0 bridgehead atoms. The maximum atomic E-state index is 11.7. The van der Waals surface area contributed by atoms with E-state index in [-0.39, 0.29) is 11.3 Å². The van der Waals surface area contributed by atoms with E-state index < -0.39 is 0 Å². The number of benzene rings is 1. The lowest BCUT2D eigenvalue weighted by molar-refractivity contribution is -0.121. The van der Waals surface area contributed by atoms with Crippen LogP contribution in [-0.4, -0.2) is 24.4 Å². The van der Waals surface area contributed by atoms with Crippen LogP contribution in [0.2, 0.25) is 0 Å². The summed E-state index contributed by atoms with van der Waals surface area (Å²) in [6, 6.07) is 9.54. The second-order valence-corrected chi connectivity index (χ2v) is 5.84. The molecule has 1 aliphatic rings. The number of carbonyl (C=O) groups excluding carboxylic acids is 1. The maximum absolute atomic E-state index is 11.7. The van der Waals surface area contributed by atoms with E-state index >= 15 is 0 Å². The second kappa shape index (κ2) is 8.15. The van der Waals surface area contributed by atoms with Crippen molar-refractivity contribution in [3.8, 4) is 5.75 Å². The summed E-state index contributed by atoms with van der Waals surface area (Å²) in [7, 11) is 0. The van der Waals surface area contributed by atoms with Gasteiger partial charge in [-0.2, -0.15) is 0 Å². The van der Waals surface area contributed by atoms with Gasteiger partial charge in [-0.15, -0.1) is 11.6 Å². The van der Waals surface area contributed by atoms with Crippen molar-refractivity contribution < 1.29 is 9.53 Å². The number of rotatable bonds is 6. The zero-order valence-electron chi connectivity index (χ0n) is 11.7. The summed E-state index contributed by atoms with van der Waals surface area (Å²) in [5, 5.41) is 3.18. The van der Waals surface area contributed by atoms with E-state index in [4.69, 9.17) is 16.3 Å². The number of ether oxygens (including phenoxy) is 1. The number of nitrogens with one attached hydrogen (secondary N) is 1. The normalized spacial score (nSPS) is 22.2. The molecular formula is C16H22ClNO2. The van der Waals surface area contributed by atoms with Crippen LogP contribution in [0.5, 0.6) is 5.75 Å². The van der Waals surface area contributed by atoms with Gasteiger partial charge in [-0.3, -0.25) is 4.79 Å². The number of hydrogen-bond donors (Lipinski definition) is 1. The molecule has 1 amide bonds. The van der Waals surface area contributed by atoms with Crippen molar-refractivity contribution >= 4 is 17.5 Å². The molecule has 1 aliphatic carbocycles. The standard InChI is InChI=1S/C16H22ClNO2/c17-15-9-5-4-6-13(15)12-18-16(19)10-11-20-14-7-2-1-3-8-14/h1-3,7-8,13,15H,4-6,9-12H2,(H,18,19). The van der Waals surface area contributed by atoms with E-state index in [1.54, 1.807) is 0 Å². The number of halogens is 1. The molecule has 4 heteroatoms. The van der Waals surface area contributed by atoms with E-state index in [2.05, 4.69) is 5.32 Å². The first-order valence-electron chi connectivity index (χ1n) is 7.34. The molecule has 0 radical (unpaired) electrons. The van der Waals surface area contributed by atoms with Gasteiger partial charge in [0.15, 0.2) is 0 Å². The highest BCUT2D eigenvalue weighted by Gasteiger charge is 2.23. The van der Waals surface area contributed by atoms with Gasteiger partial charge in [-0.05, 0) is 30.9 Å². The van der Waals surface area contributed by atoms with Crippen LogP contribution in [-0.2, 0) is 4.79 Å². The summed E-state index contributed by atoms with van der Waals surface area (Å²) in [5.41, 5.74) is 0. The van der Waals surface area contributed by atoms with Crippen molar-refractivity contribution in [2.75, 3.05) is 13.2 Å². The molecule has 2 unspecified atom stereocenters. The van der Waals surface area contributed by atoms with E-state index in [0.29, 0.717) is 25.5 Å². The van der Waals surface area contributed by atoms with Crippen molar-refractivity contribution in [3.63, 3.8) is 0 Å². The predicted octanol–water partition coefficient (Wildman–Crippen LogP) is 3.37. The van der Waals surface area contributed by atoms with Gasteiger partial charge in [-0.25, -0.2) is 0 Å². The molecule has 2 atom stereocenters. The van der Waals surface area contributed by atoms with Crippen LogP contribution in [0.4, 0.5) is 0 Å². The van der Waals surface area contributed by atoms with Gasteiger partial charge in [0.05, 0.1) is 13.0 Å². The zero-order valence-corrected chi connectivity index (χ0v) is 12.4. The summed E-state index contributed by atoms with van der Waals surface area (Å²) in [5.74, 6) is 1.26. The van der Waals surface area contributed by atoms with Gasteiger partial charge in [0.25, 0.3) is 0 Å². The Hall–Kier alpha value is -1.22. The minimum atomic E-state index is 0.0374. The second-order valence-electron chi connectivity index (χ2n) is 5.28. The highest BCUT2D eigenvalue weighted by Crippen LogP contribution is 2.27. The van der Waals surface area contributed by atoms with Gasteiger partial charge < -0.3 is 10.1 Å². The number of amides is 1. The minimum absolute atomic E-state index is 0.0374. The first-order chi connectivity index (χ1) is 9.75. The molecule has 3 nitrogen and oxygen atoms in total. The van der Waals surface area contributed by atoms with Crippen molar-refractivity contribution in [2.24, 2.45) is 5.92 Å². The van der Waals surface area contributed by atoms with Crippen LogP contribution in [0, 0.1) is 5.92 Å². The number of carbonyl (C=O) groups is 1. The summed E-state index contributed by atoms with van der Waals surface area (Å²) in [6.07, 6.45) is 5.01. The molecule has 110 valence electrons. The van der Waals surface area contributed by atoms with Crippen molar-refractivity contribution in [3.05, 3.63) is 30.3 Å². The number of hydrogen-bond acceptors (Lipinski definition) is 2. The van der Waals surface area contributed by atoms with Crippen LogP contribution in [0.1, 0.15) is 32.1 Å². The third kappa shape index (κ3) is 5.04. The Labute approximate surface area is 125 Å². The van der Waals surface area contributed by atoms with Crippen LogP contribution < -0.4 is 10.1 Å². The summed E-state index contributed by atoms with van der Waals surface area (Å²) in [6.45, 7) is 1.10. The Balaban J connectivity index is 1.60. The molecular weight excluding hydrogens is 274 g/mol. The quantitative estimate of drug-likeness (QED) is 0.817. The van der Waals surface area contributed by atoms with Crippen LogP contribution in [0.15, 0.2) is 30.3 Å².